The van der Waals surface area contributed by atoms with Gasteiger partial charge in [-0.25, -0.2) is 8.42 Å². The molecular formula is C22H26N4O4S. The Hall–Kier alpha value is -3.07. The van der Waals surface area contributed by atoms with Crippen LogP contribution in [0.15, 0.2) is 58.4 Å². The molecule has 164 valence electrons. The van der Waals surface area contributed by atoms with Crippen molar-refractivity contribution < 1.29 is 17.9 Å². The van der Waals surface area contributed by atoms with E-state index in [9.17, 15) is 13.2 Å². The number of rotatable bonds is 5. The number of hydrogen-bond acceptors (Lipinski definition) is 6. The number of nitrogens with one attached hydrogen (secondary N) is 1. The molecule has 2 aliphatic heterocycles. The summed E-state index contributed by atoms with van der Waals surface area (Å²) in [6.07, 6.45) is 1.13. The normalized spacial score (nSPS) is 18.9. The third-order valence-electron chi connectivity index (χ3n) is 5.54. The predicted octanol–water partition coefficient (Wildman–Crippen LogP) is 1.86. The molecule has 0 saturated carbocycles. The molecule has 0 bridgehead atoms. The van der Waals surface area contributed by atoms with Crippen LogP contribution in [-0.4, -0.2) is 64.9 Å². The molecule has 4 rings (SSSR count). The fraction of sp³-hybridized carbons (Fsp3) is 0.364. The first-order valence-electron chi connectivity index (χ1n) is 10.3. The van der Waals surface area contributed by atoms with Crippen molar-refractivity contribution in [1.29, 1.82) is 0 Å². The molecule has 9 heteroatoms. The number of carbonyl (C=O) groups is 1. The highest BCUT2D eigenvalue weighted by Gasteiger charge is 2.30. The van der Waals surface area contributed by atoms with E-state index in [1.54, 1.807) is 31.4 Å². The summed E-state index contributed by atoms with van der Waals surface area (Å²) in [4.78, 5) is 21.4. The SMILES string of the molecule is COc1ccc(N2CCCN(C(=O)CCN=C3NS(=O)(=O)c4ccccc43)CC2)cc1. The van der Waals surface area contributed by atoms with Gasteiger partial charge in [-0.15, -0.1) is 0 Å². The third kappa shape index (κ3) is 4.66. The van der Waals surface area contributed by atoms with Crippen LogP contribution in [0.5, 0.6) is 5.75 Å². The zero-order chi connectivity index (χ0) is 21.8. The third-order valence-corrected chi connectivity index (χ3v) is 6.94. The maximum absolute atomic E-state index is 12.7. The number of sulfonamides is 1. The van der Waals surface area contributed by atoms with Crippen molar-refractivity contribution in [3.05, 3.63) is 54.1 Å². The lowest BCUT2D eigenvalue weighted by atomic mass is 10.2. The van der Waals surface area contributed by atoms with Crippen LogP contribution in [0, 0.1) is 0 Å². The minimum atomic E-state index is -3.56. The van der Waals surface area contributed by atoms with E-state index in [0.717, 1.165) is 30.9 Å². The minimum Gasteiger partial charge on any atom is -0.497 e. The first-order chi connectivity index (χ1) is 15.0. The van der Waals surface area contributed by atoms with Gasteiger partial charge in [0, 0.05) is 43.9 Å². The van der Waals surface area contributed by atoms with E-state index in [2.05, 4.69) is 14.6 Å². The monoisotopic (exact) mass is 442 g/mol. The number of amides is 1. The molecule has 2 aliphatic rings. The average Bonchev–Trinajstić information content (AvgIpc) is 2.93. The first-order valence-corrected chi connectivity index (χ1v) is 11.8. The highest BCUT2D eigenvalue weighted by molar-refractivity contribution is 7.90. The van der Waals surface area contributed by atoms with Crippen LogP contribution in [0.2, 0.25) is 0 Å². The van der Waals surface area contributed by atoms with Crippen LogP contribution in [0.25, 0.3) is 0 Å². The fourth-order valence-electron chi connectivity index (χ4n) is 3.89. The van der Waals surface area contributed by atoms with E-state index in [-0.39, 0.29) is 23.8 Å². The predicted molar refractivity (Wildman–Crippen MR) is 119 cm³/mol. The molecule has 0 aliphatic carbocycles. The molecule has 1 amide bonds. The lowest BCUT2D eigenvalue weighted by Gasteiger charge is -2.24. The number of nitrogens with zero attached hydrogens (tertiary/aromatic N) is 3. The van der Waals surface area contributed by atoms with Crippen LogP contribution < -0.4 is 14.4 Å². The van der Waals surface area contributed by atoms with Crippen LogP contribution in [0.1, 0.15) is 18.4 Å². The lowest BCUT2D eigenvalue weighted by Crippen LogP contribution is -2.35. The van der Waals surface area contributed by atoms with Crippen molar-refractivity contribution in [3.8, 4) is 5.75 Å². The Balaban J connectivity index is 1.33. The van der Waals surface area contributed by atoms with E-state index < -0.39 is 10.0 Å². The number of ether oxygens (including phenoxy) is 1. The van der Waals surface area contributed by atoms with Gasteiger partial charge in [-0.2, -0.15) is 0 Å². The summed E-state index contributed by atoms with van der Waals surface area (Å²) in [5, 5.41) is 0. The molecular weight excluding hydrogens is 416 g/mol. The van der Waals surface area contributed by atoms with Gasteiger partial charge in [0.2, 0.25) is 5.91 Å². The van der Waals surface area contributed by atoms with E-state index in [1.165, 1.54) is 0 Å². The second kappa shape index (κ2) is 8.97. The van der Waals surface area contributed by atoms with E-state index in [0.29, 0.717) is 24.5 Å². The maximum Gasteiger partial charge on any atom is 0.263 e. The molecule has 0 atom stereocenters. The maximum atomic E-state index is 12.7. The van der Waals surface area contributed by atoms with E-state index >= 15 is 0 Å². The van der Waals surface area contributed by atoms with Crippen molar-refractivity contribution in [1.82, 2.24) is 9.62 Å². The highest BCUT2D eigenvalue weighted by atomic mass is 32.2. The Morgan fingerprint density at radius 2 is 1.84 bits per heavy atom. The molecule has 1 fully saturated rings. The molecule has 31 heavy (non-hydrogen) atoms. The summed E-state index contributed by atoms with van der Waals surface area (Å²) in [5.74, 6) is 1.17. The Labute approximate surface area is 182 Å². The van der Waals surface area contributed by atoms with Crippen molar-refractivity contribution >= 4 is 27.5 Å². The topological polar surface area (TPSA) is 91.3 Å². The summed E-state index contributed by atoms with van der Waals surface area (Å²) < 4.78 is 32.0. The summed E-state index contributed by atoms with van der Waals surface area (Å²) in [6, 6.07) is 14.7. The lowest BCUT2D eigenvalue weighted by molar-refractivity contribution is -0.130. The molecule has 0 unspecified atom stereocenters. The van der Waals surface area contributed by atoms with Crippen LogP contribution in [0.4, 0.5) is 5.69 Å². The molecule has 2 aromatic carbocycles. The zero-order valence-electron chi connectivity index (χ0n) is 17.5. The summed E-state index contributed by atoms with van der Waals surface area (Å²) >= 11 is 0. The van der Waals surface area contributed by atoms with Gasteiger partial charge in [0.05, 0.1) is 18.6 Å². The summed E-state index contributed by atoms with van der Waals surface area (Å²) in [6.45, 7) is 3.24. The number of hydrogen-bond donors (Lipinski definition) is 1. The summed E-state index contributed by atoms with van der Waals surface area (Å²) in [7, 11) is -1.91. The fourth-order valence-corrected chi connectivity index (χ4v) is 5.14. The number of aliphatic imine (C=N–C) groups is 1. The van der Waals surface area contributed by atoms with Crippen molar-refractivity contribution in [2.75, 3.05) is 44.7 Å². The van der Waals surface area contributed by atoms with Gasteiger partial charge >= 0.3 is 0 Å². The summed E-state index contributed by atoms with van der Waals surface area (Å²) in [5.41, 5.74) is 1.67. The van der Waals surface area contributed by atoms with Gasteiger partial charge in [0.15, 0.2) is 0 Å². The molecule has 2 aromatic rings. The van der Waals surface area contributed by atoms with Crippen LogP contribution in [-0.2, 0) is 14.8 Å². The number of methoxy groups -OCH3 is 1. The van der Waals surface area contributed by atoms with Gasteiger partial charge in [0.25, 0.3) is 10.0 Å². The Morgan fingerprint density at radius 3 is 2.61 bits per heavy atom. The van der Waals surface area contributed by atoms with Crippen LogP contribution >= 0.6 is 0 Å². The number of benzene rings is 2. The quantitative estimate of drug-likeness (QED) is 0.763. The van der Waals surface area contributed by atoms with Gasteiger partial charge in [-0.3, -0.25) is 14.5 Å². The highest BCUT2D eigenvalue weighted by Crippen LogP contribution is 2.23. The van der Waals surface area contributed by atoms with Crippen LogP contribution in [0.3, 0.4) is 0 Å². The largest absolute Gasteiger partial charge is 0.497 e. The zero-order valence-corrected chi connectivity index (χ0v) is 18.3. The standard InChI is InChI=1S/C22H26N4O4S/c1-30-18-9-7-17(8-10-18)25-13-4-14-26(16-15-25)21(27)11-12-23-22-19-5-2-3-6-20(19)31(28,29)24-22/h2-3,5-10H,4,11-16H2,1H3,(H,23,24). The Morgan fingerprint density at radius 1 is 1.06 bits per heavy atom. The number of anilines is 1. The first kappa shape index (κ1) is 21.2. The molecule has 0 spiro atoms. The molecule has 2 heterocycles. The van der Waals surface area contributed by atoms with Crippen molar-refractivity contribution in [2.45, 2.75) is 17.7 Å². The minimum absolute atomic E-state index is 0.0371. The van der Waals surface area contributed by atoms with Gasteiger partial charge < -0.3 is 14.5 Å². The molecule has 8 nitrogen and oxygen atoms in total. The van der Waals surface area contributed by atoms with E-state index in [1.807, 2.05) is 29.2 Å². The Bertz CT molecular complexity index is 1080. The second-order valence-electron chi connectivity index (χ2n) is 7.50. The van der Waals surface area contributed by atoms with Gasteiger partial charge in [-0.05, 0) is 42.8 Å². The molecule has 1 saturated heterocycles. The number of fused-ring (bicyclic) bond motifs is 1. The second-order valence-corrected chi connectivity index (χ2v) is 9.15. The number of amidine groups is 1. The molecule has 0 radical (unpaired) electrons. The van der Waals surface area contributed by atoms with E-state index in [4.69, 9.17) is 4.74 Å². The number of carbonyl (C=O) groups excluding carboxylic acids is 1. The smallest absolute Gasteiger partial charge is 0.263 e. The average molecular weight is 443 g/mol. The van der Waals surface area contributed by atoms with Gasteiger partial charge in [0.1, 0.15) is 11.6 Å². The van der Waals surface area contributed by atoms with Gasteiger partial charge in [-0.1, -0.05) is 12.1 Å². The van der Waals surface area contributed by atoms with Crippen molar-refractivity contribution in [2.24, 2.45) is 4.99 Å². The van der Waals surface area contributed by atoms with Crippen molar-refractivity contribution in [3.63, 3.8) is 0 Å². The molecule has 1 N–H and O–H groups in total. The molecule has 0 aromatic heterocycles. The Kier molecular flexibility index (Phi) is 6.13.